The van der Waals surface area contributed by atoms with E-state index < -0.39 is 0 Å². The Labute approximate surface area is 77.2 Å². The summed E-state index contributed by atoms with van der Waals surface area (Å²) in [6, 6.07) is 0. The summed E-state index contributed by atoms with van der Waals surface area (Å²) in [6.45, 7) is 4.64. The minimum absolute atomic E-state index is 0.717. The molecule has 0 aromatic carbocycles. The minimum Gasteiger partial charge on any atom is -0.329 e. The number of aryl methyl sites for hydroxylation is 1. The van der Waals surface area contributed by atoms with Gasteiger partial charge in [-0.05, 0) is 14.0 Å². The molecule has 68 valence electrons. The Kier molecular flexibility index (Phi) is 3.65. The number of aromatic nitrogens is 1. The summed E-state index contributed by atoms with van der Waals surface area (Å²) in [6.07, 6.45) is 1.94. The molecule has 4 heteroatoms. The molecule has 2 N–H and O–H groups in total. The van der Waals surface area contributed by atoms with Gasteiger partial charge in [0.1, 0.15) is 0 Å². The second-order valence-corrected chi connectivity index (χ2v) is 4.19. The zero-order valence-corrected chi connectivity index (χ0v) is 8.40. The first-order chi connectivity index (χ1) is 5.72. The van der Waals surface area contributed by atoms with Gasteiger partial charge in [-0.15, -0.1) is 11.3 Å². The Morgan fingerprint density at radius 1 is 1.67 bits per heavy atom. The van der Waals surface area contributed by atoms with Gasteiger partial charge in [-0.3, -0.25) is 4.90 Å². The zero-order valence-electron chi connectivity index (χ0n) is 7.58. The van der Waals surface area contributed by atoms with Gasteiger partial charge in [-0.1, -0.05) is 0 Å². The van der Waals surface area contributed by atoms with Crippen molar-refractivity contribution in [2.24, 2.45) is 5.73 Å². The summed E-state index contributed by atoms with van der Waals surface area (Å²) in [5.74, 6) is 0. The molecule has 0 amide bonds. The molecule has 0 spiro atoms. The average Bonchev–Trinajstić information content (AvgIpc) is 2.36. The van der Waals surface area contributed by atoms with E-state index in [1.165, 1.54) is 4.88 Å². The normalized spacial score (nSPS) is 11.0. The van der Waals surface area contributed by atoms with E-state index in [0.717, 1.165) is 18.1 Å². The van der Waals surface area contributed by atoms with Crippen molar-refractivity contribution in [3.63, 3.8) is 0 Å². The van der Waals surface area contributed by atoms with E-state index >= 15 is 0 Å². The molecular formula is C8H15N3S. The summed E-state index contributed by atoms with van der Waals surface area (Å²) in [7, 11) is 2.07. The van der Waals surface area contributed by atoms with Gasteiger partial charge < -0.3 is 5.73 Å². The highest BCUT2D eigenvalue weighted by Crippen LogP contribution is 2.12. The van der Waals surface area contributed by atoms with Crippen LogP contribution in [-0.4, -0.2) is 30.0 Å². The molecule has 1 aromatic heterocycles. The molecule has 0 saturated carbocycles. The Morgan fingerprint density at radius 3 is 2.92 bits per heavy atom. The summed E-state index contributed by atoms with van der Waals surface area (Å²) >= 11 is 1.75. The van der Waals surface area contributed by atoms with Gasteiger partial charge in [0.15, 0.2) is 0 Å². The molecule has 1 aromatic rings. The fraction of sp³-hybridized carbons (Fsp3) is 0.625. The number of likely N-dealkylation sites (N-methyl/N-ethyl adjacent to an activating group) is 1. The van der Waals surface area contributed by atoms with Crippen LogP contribution in [0, 0.1) is 6.92 Å². The monoisotopic (exact) mass is 185 g/mol. The lowest BCUT2D eigenvalue weighted by atomic mass is 10.4. The molecule has 0 aliphatic rings. The topological polar surface area (TPSA) is 42.2 Å². The van der Waals surface area contributed by atoms with Gasteiger partial charge in [0, 0.05) is 30.7 Å². The second kappa shape index (κ2) is 4.54. The fourth-order valence-electron chi connectivity index (χ4n) is 1.04. The number of rotatable bonds is 4. The standard InChI is InChI=1S/C8H15N3S/c1-7-10-5-8(12-7)6-11(2)4-3-9/h5H,3-4,6,9H2,1-2H3. The molecule has 1 rings (SSSR count). The third kappa shape index (κ3) is 2.89. The van der Waals surface area contributed by atoms with Crippen LogP contribution in [0.15, 0.2) is 6.20 Å². The van der Waals surface area contributed by atoms with E-state index in [0.29, 0.717) is 6.54 Å². The highest BCUT2D eigenvalue weighted by atomic mass is 32.1. The average molecular weight is 185 g/mol. The smallest absolute Gasteiger partial charge is 0.0897 e. The zero-order chi connectivity index (χ0) is 8.97. The van der Waals surface area contributed by atoms with Crippen molar-refractivity contribution < 1.29 is 0 Å². The van der Waals surface area contributed by atoms with Gasteiger partial charge >= 0.3 is 0 Å². The maximum absolute atomic E-state index is 5.43. The molecule has 1 heterocycles. The summed E-state index contributed by atoms with van der Waals surface area (Å²) < 4.78 is 0. The molecule has 0 radical (unpaired) electrons. The fourth-order valence-corrected chi connectivity index (χ4v) is 1.92. The van der Waals surface area contributed by atoms with Crippen LogP contribution >= 0.6 is 11.3 Å². The van der Waals surface area contributed by atoms with Crippen molar-refractivity contribution in [2.75, 3.05) is 20.1 Å². The van der Waals surface area contributed by atoms with Crippen LogP contribution in [0.5, 0.6) is 0 Å². The highest BCUT2D eigenvalue weighted by molar-refractivity contribution is 7.11. The first kappa shape index (κ1) is 9.64. The molecule has 0 unspecified atom stereocenters. The van der Waals surface area contributed by atoms with Crippen molar-refractivity contribution in [1.29, 1.82) is 0 Å². The maximum Gasteiger partial charge on any atom is 0.0897 e. The van der Waals surface area contributed by atoms with Gasteiger partial charge in [-0.25, -0.2) is 4.98 Å². The lowest BCUT2D eigenvalue weighted by Crippen LogP contribution is -2.24. The summed E-state index contributed by atoms with van der Waals surface area (Å²) in [5, 5.41) is 1.13. The first-order valence-corrected chi connectivity index (χ1v) is 4.84. The Balaban J connectivity index is 2.41. The van der Waals surface area contributed by atoms with Crippen LogP contribution in [0.2, 0.25) is 0 Å². The highest BCUT2D eigenvalue weighted by Gasteiger charge is 2.01. The van der Waals surface area contributed by atoms with Gasteiger partial charge in [-0.2, -0.15) is 0 Å². The number of hydrogen-bond donors (Lipinski definition) is 1. The number of nitrogens with two attached hydrogens (primary N) is 1. The van der Waals surface area contributed by atoms with Crippen LogP contribution < -0.4 is 5.73 Å². The molecule has 3 nitrogen and oxygen atoms in total. The van der Waals surface area contributed by atoms with Gasteiger partial charge in [0.05, 0.1) is 5.01 Å². The summed E-state index contributed by atoms with van der Waals surface area (Å²) in [4.78, 5) is 7.70. The minimum atomic E-state index is 0.717. The van der Waals surface area contributed by atoms with Crippen molar-refractivity contribution >= 4 is 11.3 Å². The van der Waals surface area contributed by atoms with Gasteiger partial charge in [0.2, 0.25) is 0 Å². The van der Waals surface area contributed by atoms with Crippen molar-refractivity contribution in [3.05, 3.63) is 16.1 Å². The lowest BCUT2D eigenvalue weighted by molar-refractivity contribution is 0.339. The molecule has 0 aliphatic carbocycles. The SMILES string of the molecule is Cc1ncc(CN(C)CCN)s1. The van der Waals surface area contributed by atoms with E-state index in [9.17, 15) is 0 Å². The molecule has 0 saturated heterocycles. The van der Waals surface area contributed by atoms with Crippen LogP contribution in [0.3, 0.4) is 0 Å². The largest absolute Gasteiger partial charge is 0.329 e. The Hall–Kier alpha value is -0.450. The van der Waals surface area contributed by atoms with Crippen LogP contribution in [0.4, 0.5) is 0 Å². The van der Waals surface area contributed by atoms with Crippen molar-refractivity contribution in [3.8, 4) is 0 Å². The van der Waals surface area contributed by atoms with E-state index in [-0.39, 0.29) is 0 Å². The van der Waals surface area contributed by atoms with E-state index in [1.807, 2.05) is 13.1 Å². The van der Waals surface area contributed by atoms with E-state index in [2.05, 4.69) is 16.9 Å². The van der Waals surface area contributed by atoms with Crippen LogP contribution in [0.1, 0.15) is 9.88 Å². The molecule has 0 aliphatic heterocycles. The van der Waals surface area contributed by atoms with Gasteiger partial charge in [0.25, 0.3) is 0 Å². The van der Waals surface area contributed by atoms with E-state index in [1.54, 1.807) is 11.3 Å². The first-order valence-electron chi connectivity index (χ1n) is 4.02. The molecule has 0 bridgehead atoms. The maximum atomic E-state index is 5.43. The second-order valence-electron chi connectivity index (χ2n) is 2.87. The lowest BCUT2D eigenvalue weighted by Gasteiger charge is -2.12. The van der Waals surface area contributed by atoms with Crippen LogP contribution in [0.25, 0.3) is 0 Å². The Bertz CT molecular complexity index is 234. The Morgan fingerprint density at radius 2 is 2.42 bits per heavy atom. The van der Waals surface area contributed by atoms with Crippen molar-refractivity contribution in [1.82, 2.24) is 9.88 Å². The molecule has 12 heavy (non-hydrogen) atoms. The molecule has 0 atom stereocenters. The summed E-state index contributed by atoms with van der Waals surface area (Å²) in [5.41, 5.74) is 5.43. The van der Waals surface area contributed by atoms with Crippen molar-refractivity contribution in [2.45, 2.75) is 13.5 Å². The van der Waals surface area contributed by atoms with E-state index in [4.69, 9.17) is 5.73 Å². The number of thiazole rings is 1. The predicted octanol–water partition coefficient (Wildman–Crippen LogP) is 0.842. The van der Waals surface area contributed by atoms with Crippen LogP contribution in [-0.2, 0) is 6.54 Å². The molecule has 0 fully saturated rings. The number of nitrogens with zero attached hydrogens (tertiary/aromatic N) is 2. The third-order valence-corrected chi connectivity index (χ3v) is 2.50. The predicted molar refractivity (Wildman–Crippen MR) is 52.2 cm³/mol. The molecular weight excluding hydrogens is 170 g/mol. The quantitative estimate of drug-likeness (QED) is 0.756. The number of hydrogen-bond acceptors (Lipinski definition) is 4. The third-order valence-electron chi connectivity index (χ3n) is 1.61.